The number of phenolic OH excluding ortho intramolecular Hbond substituents is 2. The molecule has 0 radical (unpaired) electrons. The van der Waals surface area contributed by atoms with E-state index in [9.17, 15) is 36.2 Å². The molecule has 68 heavy (non-hydrogen) atoms. The van der Waals surface area contributed by atoms with E-state index in [4.69, 9.17) is 55.9 Å². The Bertz CT molecular complexity index is 3390. The maximum Gasteiger partial charge on any atom is 0.296 e. The van der Waals surface area contributed by atoms with Gasteiger partial charge in [0.2, 0.25) is 33.0 Å². The van der Waals surface area contributed by atoms with Gasteiger partial charge in [0.05, 0.1) is 14.2 Å². The number of aromatic nitrogens is 6. The Labute approximate surface area is 402 Å². The van der Waals surface area contributed by atoms with Crippen molar-refractivity contribution in [1.29, 1.82) is 0 Å². The number of aromatic hydroxyl groups is 2. The van der Waals surface area contributed by atoms with Gasteiger partial charge >= 0.3 is 0 Å². The zero-order chi connectivity index (χ0) is 48.7. The molecule has 8 aromatic rings. The zero-order valence-electron chi connectivity index (χ0n) is 34.1. The third-order valence-corrected chi connectivity index (χ3v) is 12.0. The van der Waals surface area contributed by atoms with Crippen molar-refractivity contribution in [3.63, 3.8) is 0 Å². The lowest BCUT2D eigenvalue weighted by molar-refractivity contribution is 0.415. The highest BCUT2D eigenvalue weighted by molar-refractivity contribution is 7.86. The lowest BCUT2D eigenvalue weighted by atomic mass is 10.0. The molecule has 0 atom stereocenters. The van der Waals surface area contributed by atoms with Crippen LogP contribution in [-0.4, -0.2) is 80.3 Å². The molecule has 2 aromatic heterocycles. The van der Waals surface area contributed by atoms with Gasteiger partial charge in [0, 0.05) is 22.1 Å². The van der Waals surface area contributed by atoms with Gasteiger partial charge in [-0.3, -0.25) is 9.11 Å². The van der Waals surface area contributed by atoms with Crippen molar-refractivity contribution in [3.8, 4) is 34.1 Å². The van der Waals surface area contributed by atoms with Crippen LogP contribution in [0.15, 0.2) is 115 Å². The Balaban J connectivity index is 1.07. The second-order valence-corrected chi connectivity index (χ2v) is 17.9. The number of phenols is 2. The van der Waals surface area contributed by atoms with Gasteiger partial charge in [0.15, 0.2) is 11.5 Å². The number of fused-ring (bicyclic) bond motifs is 2. The molecular formula is C40H26Cl4N12O10S2. The van der Waals surface area contributed by atoms with Crippen LogP contribution in [0.2, 0.25) is 21.1 Å². The van der Waals surface area contributed by atoms with Gasteiger partial charge < -0.3 is 30.3 Å². The van der Waals surface area contributed by atoms with Crippen molar-refractivity contribution in [2.45, 2.75) is 9.79 Å². The summed E-state index contributed by atoms with van der Waals surface area (Å²) in [6, 6.07) is 20.4. The number of nitrogens with zero attached hydrogens (tertiary/aromatic N) is 10. The summed E-state index contributed by atoms with van der Waals surface area (Å²) >= 11 is 23.4. The average Bonchev–Trinajstić information content (AvgIpc) is 3.26. The van der Waals surface area contributed by atoms with Crippen LogP contribution in [0.1, 0.15) is 0 Å². The minimum absolute atomic E-state index is 0.0145. The first-order chi connectivity index (χ1) is 32.3. The Morgan fingerprint density at radius 2 is 0.868 bits per heavy atom. The Morgan fingerprint density at radius 3 is 1.21 bits per heavy atom. The molecule has 0 unspecified atom stereocenters. The molecule has 6 aromatic carbocycles. The minimum Gasteiger partial charge on any atom is -0.505 e. The number of rotatable bonds is 13. The molecule has 8 rings (SSSR count). The fourth-order valence-corrected chi connectivity index (χ4v) is 8.60. The Morgan fingerprint density at radius 1 is 0.500 bits per heavy atom. The summed E-state index contributed by atoms with van der Waals surface area (Å²) in [5.41, 5.74) is 0.852. The van der Waals surface area contributed by atoms with Crippen LogP contribution < -0.4 is 20.1 Å². The number of nitrogens with one attached hydrogen (secondary N) is 2. The van der Waals surface area contributed by atoms with Crippen LogP contribution >= 0.6 is 46.4 Å². The van der Waals surface area contributed by atoms with E-state index in [0.717, 1.165) is 12.1 Å². The summed E-state index contributed by atoms with van der Waals surface area (Å²) in [4.78, 5) is 21.5. The molecule has 22 nitrogen and oxygen atoms in total. The van der Waals surface area contributed by atoms with Gasteiger partial charge in [-0.05, 0) is 141 Å². The Kier molecular flexibility index (Phi) is 13.1. The fraction of sp³-hybridized carbons (Fsp3) is 0.0500. The smallest absolute Gasteiger partial charge is 0.296 e. The predicted octanol–water partition coefficient (Wildman–Crippen LogP) is 10.9. The second-order valence-electron chi connectivity index (χ2n) is 13.8. The summed E-state index contributed by atoms with van der Waals surface area (Å²) in [5, 5.41) is 44.4. The van der Waals surface area contributed by atoms with Gasteiger partial charge in [-0.15, -0.1) is 20.5 Å². The van der Waals surface area contributed by atoms with E-state index in [1.54, 1.807) is 24.3 Å². The van der Waals surface area contributed by atoms with E-state index in [2.05, 4.69) is 61.0 Å². The van der Waals surface area contributed by atoms with E-state index in [-0.39, 0.29) is 77.4 Å². The largest absolute Gasteiger partial charge is 0.505 e. The van der Waals surface area contributed by atoms with Crippen molar-refractivity contribution in [1.82, 2.24) is 29.9 Å². The number of methoxy groups -OCH3 is 2. The first kappa shape index (κ1) is 47.3. The van der Waals surface area contributed by atoms with Crippen molar-refractivity contribution in [3.05, 3.63) is 106 Å². The molecule has 0 spiro atoms. The standard InChI is InChI=1S/C40H26Cl4N12O10S2/c1-65-27-13-17(3-9-25(27)53-55-31-29(67(59,60)61)15-19-11-21(5-7-23(19)33(31)57)45-39-49-35(41)47-36(42)50-39)18-4-10-26(28(14-18)66-2)54-56-32-30(68(62,63)64)16-20-12-22(6-8-24(20)34(32)58)46-40-51-37(43)48-38(44)52-40/h3-16,57-58H,1-2H3,(H,59,60,61)(H,62,63,64)(H,45,47,49,50)(H,46,48,51,52). The van der Waals surface area contributed by atoms with Crippen molar-refractivity contribution >= 4 is 134 Å². The first-order valence-corrected chi connectivity index (χ1v) is 23.1. The number of azo groups is 2. The number of anilines is 4. The number of hydrogen-bond donors (Lipinski definition) is 6. The predicted molar refractivity (Wildman–Crippen MR) is 250 cm³/mol. The molecule has 0 aliphatic rings. The van der Waals surface area contributed by atoms with Crippen LogP contribution in [0.25, 0.3) is 32.7 Å². The summed E-state index contributed by atoms with van der Waals surface area (Å²) in [5.74, 6) is -0.940. The van der Waals surface area contributed by atoms with E-state index in [0.29, 0.717) is 22.5 Å². The van der Waals surface area contributed by atoms with Gasteiger partial charge in [-0.2, -0.15) is 46.7 Å². The number of hydrogen-bond acceptors (Lipinski definition) is 20. The van der Waals surface area contributed by atoms with Crippen LogP contribution in [0.4, 0.5) is 46.0 Å². The van der Waals surface area contributed by atoms with Gasteiger partial charge in [0.1, 0.15) is 44.0 Å². The summed E-state index contributed by atoms with van der Waals surface area (Å²) < 4.78 is 81.8. The lowest BCUT2D eigenvalue weighted by Crippen LogP contribution is -2.01. The molecule has 0 aliphatic heterocycles. The van der Waals surface area contributed by atoms with Gasteiger partial charge in [-0.1, -0.05) is 12.1 Å². The minimum atomic E-state index is -4.98. The average molecular weight is 1040 g/mol. The normalized spacial score (nSPS) is 12.1. The van der Waals surface area contributed by atoms with Crippen LogP contribution in [-0.2, 0) is 20.2 Å². The molecule has 0 saturated carbocycles. The molecule has 346 valence electrons. The maximum absolute atomic E-state index is 12.6. The van der Waals surface area contributed by atoms with Crippen molar-refractivity contribution in [2.24, 2.45) is 20.5 Å². The number of benzene rings is 6. The topological polar surface area (TPSA) is 318 Å². The molecule has 0 amide bonds. The second kappa shape index (κ2) is 18.8. The molecule has 28 heteroatoms. The highest BCUT2D eigenvalue weighted by Crippen LogP contribution is 2.45. The molecule has 2 heterocycles. The molecule has 0 saturated heterocycles. The van der Waals surface area contributed by atoms with Crippen LogP contribution in [0, 0.1) is 0 Å². The zero-order valence-corrected chi connectivity index (χ0v) is 38.8. The molecular weight excluding hydrogens is 1010 g/mol. The Hall–Kier alpha value is -7.16. The number of halogens is 4. The highest BCUT2D eigenvalue weighted by Gasteiger charge is 2.24. The highest BCUT2D eigenvalue weighted by atomic mass is 35.5. The van der Waals surface area contributed by atoms with E-state index in [1.165, 1.54) is 62.8 Å². The number of ether oxygens (including phenoxy) is 2. The third kappa shape index (κ3) is 10.2. The van der Waals surface area contributed by atoms with E-state index >= 15 is 0 Å². The van der Waals surface area contributed by atoms with Gasteiger partial charge in [0.25, 0.3) is 20.2 Å². The van der Waals surface area contributed by atoms with Crippen molar-refractivity contribution in [2.75, 3.05) is 24.9 Å². The van der Waals surface area contributed by atoms with Crippen molar-refractivity contribution < 1.29 is 45.6 Å². The van der Waals surface area contributed by atoms with E-state index in [1.807, 2.05) is 0 Å². The van der Waals surface area contributed by atoms with Crippen LogP contribution in [0.5, 0.6) is 23.0 Å². The first-order valence-electron chi connectivity index (χ1n) is 18.7. The molecule has 0 fully saturated rings. The monoisotopic (exact) mass is 1040 g/mol. The molecule has 6 N–H and O–H groups in total. The van der Waals surface area contributed by atoms with E-state index < -0.39 is 52.9 Å². The van der Waals surface area contributed by atoms with Gasteiger partial charge in [-0.25, -0.2) is 0 Å². The summed E-state index contributed by atoms with van der Waals surface area (Å²) in [6.45, 7) is 0. The summed E-state index contributed by atoms with van der Waals surface area (Å²) in [6.07, 6.45) is 0. The maximum atomic E-state index is 12.6. The lowest BCUT2D eigenvalue weighted by Gasteiger charge is -2.12. The van der Waals surface area contributed by atoms with Crippen LogP contribution in [0.3, 0.4) is 0 Å². The molecule has 0 bridgehead atoms. The quantitative estimate of drug-likeness (QED) is 0.0461. The third-order valence-electron chi connectivity index (χ3n) is 9.54. The molecule has 0 aliphatic carbocycles. The SMILES string of the molecule is COc1cc(-c2ccc(N=Nc3c(S(=O)(=O)O)cc4cc(Nc5nc(Cl)nc(Cl)n5)ccc4c3O)c(OC)c2)ccc1N=Nc1c(S(=O)(=O)O)cc2cc(Nc3nc(Cl)nc(Cl)n3)ccc2c1O. The summed E-state index contributed by atoms with van der Waals surface area (Å²) in [7, 11) is -7.25. The fourth-order valence-electron chi connectivity index (χ4n) is 6.55.